The van der Waals surface area contributed by atoms with Crippen LogP contribution >= 0.6 is 0 Å². The van der Waals surface area contributed by atoms with E-state index in [0.29, 0.717) is 17.8 Å². The Bertz CT molecular complexity index is 434. The normalized spacial score (nSPS) is 23.5. The van der Waals surface area contributed by atoms with E-state index >= 15 is 0 Å². The average Bonchev–Trinajstić information content (AvgIpc) is 2.24. The topological polar surface area (TPSA) is 72.9 Å². The van der Waals surface area contributed by atoms with E-state index in [0.717, 1.165) is 19.4 Å². The van der Waals surface area contributed by atoms with Gasteiger partial charge in [-0.3, -0.25) is 4.79 Å². The largest absolute Gasteiger partial charge is 0.365 e. The van der Waals surface area contributed by atoms with Crippen molar-refractivity contribution in [3.63, 3.8) is 0 Å². The molecular formula is C12H20N4O. The van der Waals surface area contributed by atoms with Crippen LogP contribution in [0.15, 0.2) is 17.2 Å². The van der Waals surface area contributed by atoms with Gasteiger partial charge in [-0.15, -0.1) is 0 Å². The van der Waals surface area contributed by atoms with Crippen molar-refractivity contribution in [3.05, 3.63) is 22.7 Å². The summed E-state index contributed by atoms with van der Waals surface area (Å²) in [5.41, 5.74) is 5.67. The summed E-state index contributed by atoms with van der Waals surface area (Å²) in [5, 5.41) is 3.13. The van der Waals surface area contributed by atoms with Crippen molar-refractivity contribution in [2.45, 2.75) is 38.8 Å². The minimum atomic E-state index is -0.0499. The minimum Gasteiger partial charge on any atom is -0.365 e. The van der Waals surface area contributed by atoms with Gasteiger partial charge in [0, 0.05) is 31.0 Å². The number of nitrogens with two attached hydrogens (primary N) is 1. The van der Waals surface area contributed by atoms with Crippen molar-refractivity contribution < 1.29 is 0 Å². The lowest BCUT2D eigenvalue weighted by molar-refractivity contribution is 0.280. The molecule has 3 N–H and O–H groups in total. The van der Waals surface area contributed by atoms with Gasteiger partial charge in [0.15, 0.2) is 5.82 Å². The zero-order chi connectivity index (χ0) is 12.4. The van der Waals surface area contributed by atoms with Crippen LogP contribution in [-0.4, -0.2) is 22.1 Å². The number of nitrogens with zero attached hydrogens (tertiary/aromatic N) is 2. The van der Waals surface area contributed by atoms with Crippen LogP contribution in [0.4, 0.5) is 5.82 Å². The summed E-state index contributed by atoms with van der Waals surface area (Å²) in [6, 6.07) is 0.501. The molecule has 0 saturated heterocycles. The van der Waals surface area contributed by atoms with Gasteiger partial charge in [-0.2, -0.15) is 0 Å². The minimum absolute atomic E-state index is 0.0499. The Balaban J connectivity index is 2.01. The molecule has 1 fully saturated rings. The van der Waals surface area contributed by atoms with E-state index < -0.39 is 0 Å². The molecule has 0 aliphatic heterocycles. The number of rotatable bonds is 4. The van der Waals surface area contributed by atoms with Crippen LogP contribution in [0.1, 0.15) is 32.7 Å². The fourth-order valence-corrected chi connectivity index (χ4v) is 2.15. The highest BCUT2D eigenvalue weighted by Gasteiger charge is 2.25. The second-order valence-corrected chi connectivity index (χ2v) is 5.06. The molecule has 1 aliphatic rings. The molecule has 5 heteroatoms. The van der Waals surface area contributed by atoms with E-state index in [1.54, 1.807) is 17.0 Å². The Labute approximate surface area is 101 Å². The molecule has 0 atom stereocenters. The molecule has 1 aromatic rings. The number of aromatic nitrogens is 2. The maximum atomic E-state index is 12.0. The van der Waals surface area contributed by atoms with E-state index in [2.05, 4.69) is 10.3 Å². The van der Waals surface area contributed by atoms with Gasteiger partial charge < -0.3 is 15.6 Å². The molecule has 0 amide bonds. The third-order valence-electron chi connectivity index (χ3n) is 3.25. The van der Waals surface area contributed by atoms with E-state index in [-0.39, 0.29) is 11.6 Å². The van der Waals surface area contributed by atoms with Crippen LogP contribution in [0.2, 0.25) is 0 Å². The Morgan fingerprint density at radius 1 is 1.59 bits per heavy atom. The van der Waals surface area contributed by atoms with Crippen LogP contribution < -0.4 is 16.6 Å². The zero-order valence-electron chi connectivity index (χ0n) is 10.4. The molecule has 5 nitrogen and oxygen atoms in total. The number of hydrogen-bond donors (Lipinski definition) is 2. The second-order valence-electron chi connectivity index (χ2n) is 5.06. The summed E-state index contributed by atoms with van der Waals surface area (Å²) >= 11 is 0. The van der Waals surface area contributed by atoms with Crippen molar-refractivity contribution in [3.8, 4) is 0 Å². The van der Waals surface area contributed by atoms with Gasteiger partial charge in [0.25, 0.3) is 5.56 Å². The Hall–Kier alpha value is -1.36. The fraction of sp³-hybridized carbons (Fsp3) is 0.667. The van der Waals surface area contributed by atoms with E-state index in [4.69, 9.17) is 5.73 Å². The van der Waals surface area contributed by atoms with Gasteiger partial charge in [-0.05, 0) is 32.6 Å². The molecule has 0 unspecified atom stereocenters. The summed E-state index contributed by atoms with van der Waals surface area (Å²) in [6.45, 7) is 4.75. The molecule has 0 spiro atoms. The average molecular weight is 236 g/mol. The first-order valence-corrected chi connectivity index (χ1v) is 6.14. The van der Waals surface area contributed by atoms with Gasteiger partial charge in [0.1, 0.15) is 0 Å². The molecule has 2 rings (SSSR count). The van der Waals surface area contributed by atoms with E-state index in [1.165, 1.54) is 0 Å². The first kappa shape index (κ1) is 12.1. The summed E-state index contributed by atoms with van der Waals surface area (Å²) in [7, 11) is 0. The molecule has 0 bridgehead atoms. The lowest BCUT2D eigenvalue weighted by Crippen LogP contribution is -2.40. The van der Waals surface area contributed by atoms with Gasteiger partial charge in [0.2, 0.25) is 0 Å². The smallest absolute Gasteiger partial charge is 0.293 e. The summed E-state index contributed by atoms with van der Waals surface area (Å²) < 4.78 is 1.68. The fourth-order valence-electron chi connectivity index (χ4n) is 2.15. The highest BCUT2D eigenvalue weighted by molar-refractivity contribution is 5.31. The molecular weight excluding hydrogens is 216 g/mol. The Kier molecular flexibility index (Phi) is 3.47. The second kappa shape index (κ2) is 4.87. The molecule has 1 saturated carbocycles. The van der Waals surface area contributed by atoms with Gasteiger partial charge in [-0.1, -0.05) is 0 Å². The highest BCUT2D eigenvalue weighted by Crippen LogP contribution is 2.25. The standard InChI is InChI=1S/C12H20N4O/c1-8(2)16-4-3-14-11(12(16)17)15-7-9-5-10(13)6-9/h3-4,8-10H,5-7,13H2,1-2H3,(H,14,15). The highest BCUT2D eigenvalue weighted by atomic mass is 16.1. The van der Waals surface area contributed by atoms with Crippen molar-refractivity contribution in [2.24, 2.45) is 11.7 Å². The van der Waals surface area contributed by atoms with Crippen LogP contribution in [0.5, 0.6) is 0 Å². The molecule has 0 aromatic carbocycles. The Morgan fingerprint density at radius 2 is 2.29 bits per heavy atom. The first-order valence-electron chi connectivity index (χ1n) is 6.14. The molecule has 94 valence electrons. The van der Waals surface area contributed by atoms with Crippen molar-refractivity contribution >= 4 is 5.82 Å². The van der Waals surface area contributed by atoms with Gasteiger partial charge >= 0.3 is 0 Å². The first-order chi connectivity index (χ1) is 8.08. The lowest BCUT2D eigenvalue weighted by atomic mass is 9.81. The van der Waals surface area contributed by atoms with Crippen molar-refractivity contribution in [1.29, 1.82) is 0 Å². The third-order valence-corrected chi connectivity index (χ3v) is 3.25. The van der Waals surface area contributed by atoms with Gasteiger partial charge in [-0.25, -0.2) is 4.98 Å². The van der Waals surface area contributed by atoms with Crippen LogP contribution in [0.25, 0.3) is 0 Å². The third kappa shape index (κ3) is 2.66. The van der Waals surface area contributed by atoms with Crippen LogP contribution in [0, 0.1) is 5.92 Å². The summed E-state index contributed by atoms with van der Waals surface area (Å²) in [6.07, 6.45) is 5.46. The number of nitrogens with one attached hydrogen (secondary N) is 1. The quantitative estimate of drug-likeness (QED) is 0.817. The summed E-state index contributed by atoms with van der Waals surface area (Å²) in [5.74, 6) is 1.03. The van der Waals surface area contributed by atoms with Crippen molar-refractivity contribution in [2.75, 3.05) is 11.9 Å². The van der Waals surface area contributed by atoms with Crippen LogP contribution in [0.3, 0.4) is 0 Å². The number of anilines is 1. The molecule has 1 aromatic heterocycles. The summed E-state index contributed by atoms with van der Waals surface area (Å²) in [4.78, 5) is 16.1. The van der Waals surface area contributed by atoms with Crippen LogP contribution in [-0.2, 0) is 0 Å². The molecule has 1 aliphatic carbocycles. The molecule has 0 radical (unpaired) electrons. The Morgan fingerprint density at radius 3 is 2.88 bits per heavy atom. The van der Waals surface area contributed by atoms with Gasteiger partial charge in [0.05, 0.1) is 0 Å². The maximum absolute atomic E-state index is 12.0. The molecule has 17 heavy (non-hydrogen) atoms. The lowest BCUT2D eigenvalue weighted by Gasteiger charge is -2.32. The molecule has 1 heterocycles. The predicted molar refractivity (Wildman–Crippen MR) is 68.1 cm³/mol. The van der Waals surface area contributed by atoms with Crippen molar-refractivity contribution in [1.82, 2.24) is 9.55 Å². The maximum Gasteiger partial charge on any atom is 0.293 e. The van der Waals surface area contributed by atoms with E-state index in [1.807, 2.05) is 13.8 Å². The zero-order valence-corrected chi connectivity index (χ0v) is 10.4. The number of hydrogen-bond acceptors (Lipinski definition) is 4. The monoisotopic (exact) mass is 236 g/mol. The SMILES string of the molecule is CC(C)n1ccnc(NCC2CC(N)C2)c1=O. The van der Waals surface area contributed by atoms with E-state index in [9.17, 15) is 4.79 Å². The predicted octanol–water partition coefficient (Wildman–Crippen LogP) is 0.973.